The van der Waals surface area contributed by atoms with Gasteiger partial charge in [-0.15, -0.1) is 10.2 Å². The largest absolute Gasteiger partial charge is 0.484 e. The molecule has 1 amide bonds. The maximum atomic E-state index is 11.9. The Morgan fingerprint density at radius 3 is 2.74 bits per heavy atom. The van der Waals surface area contributed by atoms with Crippen molar-refractivity contribution in [2.45, 2.75) is 0 Å². The first-order chi connectivity index (χ1) is 11.2. The molecule has 0 atom stereocenters. The molecule has 0 aliphatic carbocycles. The molecule has 0 saturated carbocycles. The van der Waals surface area contributed by atoms with Crippen LogP contribution < -0.4 is 10.1 Å². The van der Waals surface area contributed by atoms with Gasteiger partial charge in [0, 0.05) is 15.7 Å². The lowest BCUT2D eigenvalue weighted by Gasteiger charge is -2.08. The molecule has 0 bridgehead atoms. The third-order valence-electron chi connectivity index (χ3n) is 2.94. The molecule has 0 radical (unpaired) electrons. The number of benzene rings is 2. The van der Waals surface area contributed by atoms with Gasteiger partial charge in [-0.2, -0.15) is 0 Å². The zero-order valence-electron chi connectivity index (χ0n) is 11.9. The van der Waals surface area contributed by atoms with Gasteiger partial charge in [0.2, 0.25) is 12.3 Å². The van der Waals surface area contributed by atoms with E-state index in [-0.39, 0.29) is 12.5 Å². The lowest BCUT2D eigenvalue weighted by Crippen LogP contribution is -2.20. The predicted octanol–water partition coefficient (Wildman–Crippen LogP) is 3.52. The minimum absolute atomic E-state index is 0.0770. The van der Waals surface area contributed by atoms with Gasteiger partial charge >= 0.3 is 0 Å². The molecule has 0 spiro atoms. The first-order valence-corrected chi connectivity index (χ1v) is 7.55. The van der Waals surface area contributed by atoms with E-state index in [0.29, 0.717) is 17.3 Å². The van der Waals surface area contributed by atoms with Gasteiger partial charge < -0.3 is 14.5 Å². The normalized spacial score (nSPS) is 10.3. The SMILES string of the molecule is O=C(COc1ccc(-c2nnco2)cc1)Nc1cccc(Br)c1. The Bertz CT molecular complexity index is 789. The molecule has 2 aromatic carbocycles. The highest BCUT2D eigenvalue weighted by molar-refractivity contribution is 9.10. The van der Waals surface area contributed by atoms with Crippen LogP contribution in [0.3, 0.4) is 0 Å². The standard InChI is InChI=1S/C16H12BrN3O3/c17-12-2-1-3-13(8-12)19-15(21)9-22-14-6-4-11(5-7-14)16-20-18-10-23-16/h1-8,10H,9H2,(H,19,21). The third-order valence-corrected chi connectivity index (χ3v) is 3.43. The van der Waals surface area contributed by atoms with Gasteiger partial charge in [0.15, 0.2) is 6.61 Å². The summed E-state index contributed by atoms with van der Waals surface area (Å²) in [6.07, 6.45) is 1.27. The highest BCUT2D eigenvalue weighted by atomic mass is 79.9. The summed E-state index contributed by atoms with van der Waals surface area (Å²) in [6.45, 7) is -0.0770. The van der Waals surface area contributed by atoms with Crippen molar-refractivity contribution in [3.63, 3.8) is 0 Å². The average Bonchev–Trinajstić information content (AvgIpc) is 3.08. The van der Waals surface area contributed by atoms with Crippen molar-refractivity contribution >= 4 is 27.5 Å². The molecule has 0 unspecified atom stereocenters. The Kier molecular flexibility index (Phi) is 4.68. The number of nitrogens with one attached hydrogen (secondary N) is 1. The second-order valence-corrected chi connectivity index (χ2v) is 5.53. The van der Waals surface area contributed by atoms with Crippen LogP contribution in [0, 0.1) is 0 Å². The molecule has 0 aliphatic heterocycles. The molecule has 0 saturated heterocycles. The maximum Gasteiger partial charge on any atom is 0.262 e. The Labute approximate surface area is 140 Å². The van der Waals surface area contributed by atoms with Crippen molar-refractivity contribution in [1.82, 2.24) is 10.2 Å². The van der Waals surface area contributed by atoms with Crippen molar-refractivity contribution in [2.24, 2.45) is 0 Å². The van der Waals surface area contributed by atoms with Gasteiger partial charge in [0.25, 0.3) is 5.91 Å². The van der Waals surface area contributed by atoms with Crippen molar-refractivity contribution in [1.29, 1.82) is 0 Å². The third kappa shape index (κ3) is 4.17. The van der Waals surface area contributed by atoms with E-state index in [4.69, 9.17) is 9.15 Å². The van der Waals surface area contributed by atoms with E-state index in [9.17, 15) is 4.79 Å². The summed E-state index contributed by atoms with van der Waals surface area (Å²) in [4.78, 5) is 11.9. The molecule has 3 rings (SSSR count). The van der Waals surface area contributed by atoms with Crippen LogP contribution in [0.2, 0.25) is 0 Å². The van der Waals surface area contributed by atoms with Gasteiger partial charge in [0.1, 0.15) is 5.75 Å². The number of aromatic nitrogens is 2. The fraction of sp³-hybridized carbons (Fsp3) is 0.0625. The van der Waals surface area contributed by atoms with Gasteiger partial charge in [-0.1, -0.05) is 22.0 Å². The molecular formula is C16H12BrN3O3. The molecule has 7 heteroatoms. The van der Waals surface area contributed by atoms with Gasteiger partial charge in [-0.05, 0) is 42.5 Å². The average molecular weight is 374 g/mol. The van der Waals surface area contributed by atoms with Gasteiger partial charge in [0.05, 0.1) is 0 Å². The van der Waals surface area contributed by atoms with Crippen LogP contribution in [0.25, 0.3) is 11.5 Å². The number of carbonyl (C=O) groups is 1. The number of ether oxygens (including phenoxy) is 1. The summed E-state index contributed by atoms with van der Waals surface area (Å²) in [5.41, 5.74) is 1.49. The van der Waals surface area contributed by atoms with E-state index in [1.165, 1.54) is 6.39 Å². The topological polar surface area (TPSA) is 77.2 Å². The Balaban J connectivity index is 1.54. The zero-order valence-corrected chi connectivity index (χ0v) is 13.5. The first-order valence-electron chi connectivity index (χ1n) is 6.75. The van der Waals surface area contributed by atoms with Crippen molar-refractivity contribution in [3.05, 3.63) is 59.4 Å². The first kappa shape index (κ1) is 15.2. The van der Waals surface area contributed by atoms with Crippen LogP contribution in [-0.2, 0) is 4.79 Å². The highest BCUT2D eigenvalue weighted by Crippen LogP contribution is 2.20. The number of hydrogen-bond acceptors (Lipinski definition) is 5. The maximum absolute atomic E-state index is 11.9. The Morgan fingerprint density at radius 2 is 2.04 bits per heavy atom. The fourth-order valence-electron chi connectivity index (χ4n) is 1.90. The molecule has 116 valence electrons. The van der Waals surface area contributed by atoms with E-state index >= 15 is 0 Å². The lowest BCUT2D eigenvalue weighted by molar-refractivity contribution is -0.118. The van der Waals surface area contributed by atoms with Gasteiger partial charge in [-0.25, -0.2) is 0 Å². The second kappa shape index (κ2) is 7.06. The number of halogens is 1. The molecule has 0 aliphatic rings. The molecule has 6 nitrogen and oxygen atoms in total. The molecule has 0 fully saturated rings. The molecule has 1 N–H and O–H groups in total. The smallest absolute Gasteiger partial charge is 0.262 e. The number of anilines is 1. The Hall–Kier alpha value is -2.67. The van der Waals surface area contributed by atoms with Crippen molar-refractivity contribution < 1.29 is 13.9 Å². The van der Waals surface area contributed by atoms with Crippen LogP contribution in [-0.4, -0.2) is 22.7 Å². The molecule has 1 heterocycles. The number of amides is 1. The summed E-state index contributed by atoms with van der Waals surface area (Å²) in [5, 5.41) is 10.2. The summed E-state index contributed by atoms with van der Waals surface area (Å²) >= 11 is 3.35. The summed E-state index contributed by atoms with van der Waals surface area (Å²) < 4.78 is 11.5. The lowest BCUT2D eigenvalue weighted by atomic mass is 10.2. The highest BCUT2D eigenvalue weighted by Gasteiger charge is 2.06. The minimum atomic E-state index is -0.232. The van der Waals surface area contributed by atoms with E-state index < -0.39 is 0 Å². The molecule has 23 heavy (non-hydrogen) atoms. The Morgan fingerprint density at radius 1 is 1.22 bits per heavy atom. The summed E-state index contributed by atoms with van der Waals surface area (Å²) in [7, 11) is 0. The van der Waals surface area contributed by atoms with Gasteiger partial charge in [-0.3, -0.25) is 4.79 Å². The van der Waals surface area contributed by atoms with Crippen molar-refractivity contribution in [2.75, 3.05) is 11.9 Å². The van der Waals surface area contributed by atoms with Crippen molar-refractivity contribution in [3.8, 4) is 17.2 Å². The predicted molar refractivity (Wildman–Crippen MR) is 88.0 cm³/mol. The van der Waals surface area contributed by atoms with E-state index in [0.717, 1.165) is 10.0 Å². The van der Waals surface area contributed by atoms with Crippen LogP contribution in [0.5, 0.6) is 5.75 Å². The second-order valence-electron chi connectivity index (χ2n) is 4.62. The summed E-state index contributed by atoms with van der Waals surface area (Å²) in [5.74, 6) is 0.783. The summed E-state index contributed by atoms with van der Waals surface area (Å²) in [6, 6.07) is 14.4. The van der Waals surface area contributed by atoms with Crippen LogP contribution in [0.4, 0.5) is 5.69 Å². The number of carbonyl (C=O) groups excluding carboxylic acids is 1. The zero-order chi connectivity index (χ0) is 16.1. The van der Waals surface area contributed by atoms with E-state index in [2.05, 4.69) is 31.4 Å². The fourth-order valence-corrected chi connectivity index (χ4v) is 2.30. The van der Waals surface area contributed by atoms with E-state index in [1.54, 1.807) is 24.3 Å². The number of rotatable bonds is 5. The monoisotopic (exact) mass is 373 g/mol. The van der Waals surface area contributed by atoms with Crippen LogP contribution in [0.15, 0.2) is 63.8 Å². The van der Waals surface area contributed by atoms with Crippen LogP contribution >= 0.6 is 15.9 Å². The number of nitrogens with zero attached hydrogens (tertiary/aromatic N) is 2. The molecule has 1 aromatic heterocycles. The molecule has 3 aromatic rings. The molecular weight excluding hydrogens is 362 g/mol. The van der Waals surface area contributed by atoms with Crippen LogP contribution in [0.1, 0.15) is 0 Å². The minimum Gasteiger partial charge on any atom is -0.484 e. The van der Waals surface area contributed by atoms with E-state index in [1.807, 2.05) is 24.3 Å². The quantitative estimate of drug-likeness (QED) is 0.740. The number of hydrogen-bond donors (Lipinski definition) is 1.